The van der Waals surface area contributed by atoms with Crippen molar-refractivity contribution in [2.45, 2.75) is 51.7 Å². The lowest BCUT2D eigenvalue weighted by atomic mass is 9.99. The fourth-order valence-corrected chi connectivity index (χ4v) is 2.30. The third kappa shape index (κ3) is 3.74. The van der Waals surface area contributed by atoms with Crippen molar-refractivity contribution in [3.8, 4) is 0 Å². The number of unbranched alkanes of at least 4 members (excludes halogenated alkanes) is 2. The minimum atomic E-state index is -0.544. The first kappa shape index (κ1) is 12.9. The van der Waals surface area contributed by atoms with Gasteiger partial charge in [0.25, 0.3) is 0 Å². The van der Waals surface area contributed by atoms with Crippen LogP contribution in [0.5, 0.6) is 0 Å². The summed E-state index contributed by atoms with van der Waals surface area (Å²) < 4.78 is 0. The Bertz CT molecular complexity index is 169. The summed E-state index contributed by atoms with van der Waals surface area (Å²) >= 11 is 0. The van der Waals surface area contributed by atoms with Crippen LogP contribution < -0.4 is 5.32 Å². The number of hydrogen-bond acceptors (Lipinski definition) is 3. The quantitative estimate of drug-likeness (QED) is 0.659. The van der Waals surface area contributed by atoms with E-state index in [0.717, 1.165) is 45.4 Å². The van der Waals surface area contributed by atoms with Crippen molar-refractivity contribution < 1.29 is 5.11 Å². The van der Waals surface area contributed by atoms with Gasteiger partial charge < -0.3 is 10.4 Å². The topological polar surface area (TPSA) is 35.5 Å². The summed E-state index contributed by atoms with van der Waals surface area (Å²) in [6.07, 6.45) is 5.37. The molecule has 1 saturated heterocycles. The average Bonchev–Trinajstić information content (AvgIpc) is 2.30. The predicted octanol–water partition coefficient (Wildman–Crippen LogP) is 1.57. The second-order valence-electron chi connectivity index (χ2n) is 4.53. The van der Waals surface area contributed by atoms with Crippen LogP contribution in [0.4, 0.5) is 0 Å². The van der Waals surface area contributed by atoms with Crippen LogP contribution in [0.25, 0.3) is 0 Å². The van der Waals surface area contributed by atoms with Gasteiger partial charge in [-0.05, 0) is 19.3 Å². The molecule has 0 saturated carbocycles. The van der Waals surface area contributed by atoms with Gasteiger partial charge in [-0.2, -0.15) is 0 Å². The van der Waals surface area contributed by atoms with Gasteiger partial charge in [0.15, 0.2) is 0 Å². The molecule has 1 aliphatic rings. The third-order valence-electron chi connectivity index (χ3n) is 3.45. The van der Waals surface area contributed by atoms with Gasteiger partial charge in [0.2, 0.25) is 0 Å². The van der Waals surface area contributed by atoms with Crippen LogP contribution in [-0.4, -0.2) is 41.9 Å². The Morgan fingerprint density at radius 2 is 1.87 bits per heavy atom. The second-order valence-corrected chi connectivity index (χ2v) is 4.53. The van der Waals surface area contributed by atoms with E-state index in [9.17, 15) is 5.11 Å². The summed E-state index contributed by atoms with van der Waals surface area (Å²) in [6.45, 7) is 8.28. The van der Waals surface area contributed by atoms with E-state index in [1.807, 2.05) is 0 Å². The lowest BCUT2D eigenvalue weighted by molar-refractivity contribution is -0.122. The molecule has 0 bridgehead atoms. The lowest BCUT2D eigenvalue weighted by Crippen LogP contribution is -2.56. The molecule has 1 fully saturated rings. The van der Waals surface area contributed by atoms with Crippen molar-refractivity contribution in [3.63, 3.8) is 0 Å². The summed E-state index contributed by atoms with van der Waals surface area (Å²) in [4.78, 5) is 2.25. The van der Waals surface area contributed by atoms with Crippen LogP contribution >= 0.6 is 0 Å². The molecule has 1 rings (SSSR count). The summed E-state index contributed by atoms with van der Waals surface area (Å²) in [7, 11) is 0. The van der Waals surface area contributed by atoms with Crippen LogP contribution in [0.3, 0.4) is 0 Å². The number of hydrogen-bond donors (Lipinski definition) is 2. The van der Waals surface area contributed by atoms with Gasteiger partial charge in [-0.1, -0.05) is 26.7 Å². The maximum absolute atomic E-state index is 10.6. The standard InChI is InChI=1S/C12H26N2O/c1-3-5-6-7-12(15,4-2)14-10-8-13-9-11-14/h13,15H,3-11H2,1-2H3. The Balaban J connectivity index is 2.41. The average molecular weight is 214 g/mol. The van der Waals surface area contributed by atoms with Gasteiger partial charge in [-0.25, -0.2) is 0 Å². The van der Waals surface area contributed by atoms with E-state index in [1.165, 1.54) is 12.8 Å². The fraction of sp³-hybridized carbons (Fsp3) is 1.00. The molecule has 0 amide bonds. The summed E-state index contributed by atoms with van der Waals surface area (Å²) in [5.74, 6) is 0. The SMILES string of the molecule is CCCCCC(O)(CC)N1CCNCC1. The van der Waals surface area contributed by atoms with Crippen LogP contribution in [0.15, 0.2) is 0 Å². The number of piperazine rings is 1. The van der Waals surface area contributed by atoms with Crippen LogP contribution in [0.1, 0.15) is 46.0 Å². The Morgan fingerprint density at radius 3 is 2.40 bits per heavy atom. The number of aliphatic hydroxyl groups is 1. The van der Waals surface area contributed by atoms with Crippen LogP contribution in [0, 0.1) is 0 Å². The highest BCUT2D eigenvalue weighted by molar-refractivity contribution is 4.81. The number of nitrogens with zero attached hydrogens (tertiary/aromatic N) is 1. The highest BCUT2D eigenvalue weighted by Gasteiger charge is 2.32. The maximum atomic E-state index is 10.6. The molecule has 2 N–H and O–H groups in total. The van der Waals surface area contributed by atoms with Crippen molar-refractivity contribution in [3.05, 3.63) is 0 Å². The highest BCUT2D eigenvalue weighted by Crippen LogP contribution is 2.24. The summed E-state index contributed by atoms with van der Waals surface area (Å²) in [5, 5.41) is 13.9. The zero-order valence-corrected chi connectivity index (χ0v) is 10.3. The monoisotopic (exact) mass is 214 g/mol. The van der Waals surface area contributed by atoms with Gasteiger partial charge in [0.1, 0.15) is 5.72 Å². The third-order valence-corrected chi connectivity index (χ3v) is 3.45. The predicted molar refractivity (Wildman–Crippen MR) is 63.8 cm³/mol. The molecule has 0 aliphatic carbocycles. The molecule has 0 aromatic heterocycles. The summed E-state index contributed by atoms with van der Waals surface area (Å²) in [5.41, 5.74) is -0.544. The second kappa shape index (κ2) is 6.46. The van der Waals surface area contributed by atoms with E-state index < -0.39 is 5.72 Å². The minimum Gasteiger partial charge on any atom is -0.376 e. The number of rotatable bonds is 6. The van der Waals surface area contributed by atoms with Crippen molar-refractivity contribution >= 4 is 0 Å². The molecule has 3 nitrogen and oxygen atoms in total. The molecule has 15 heavy (non-hydrogen) atoms. The number of nitrogens with one attached hydrogen (secondary N) is 1. The molecule has 1 aliphatic heterocycles. The molecule has 0 aromatic carbocycles. The zero-order chi connectivity index (χ0) is 11.1. The fourth-order valence-electron chi connectivity index (χ4n) is 2.30. The lowest BCUT2D eigenvalue weighted by Gasteiger charge is -2.41. The maximum Gasteiger partial charge on any atom is 0.118 e. The molecule has 1 atom stereocenters. The van der Waals surface area contributed by atoms with Crippen molar-refractivity contribution in [1.29, 1.82) is 0 Å². The zero-order valence-electron chi connectivity index (χ0n) is 10.3. The van der Waals surface area contributed by atoms with Gasteiger partial charge in [0, 0.05) is 26.2 Å². The van der Waals surface area contributed by atoms with Crippen molar-refractivity contribution in [1.82, 2.24) is 10.2 Å². The van der Waals surface area contributed by atoms with Gasteiger partial charge in [-0.15, -0.1) is 0 Å². The van der Waals surface area contributed by atoms with Crippen LogP contribution in [0.2, 0.25) is 0 Å². The Kier molecular flexibility index (Phi) is 5.58. The van der Waals surface area contributed by atoms with Crippen molar-refractivity contribution in [2.75, 3.05) is 26.2 Å². The molecule has 0 spiro atoms. The molecule has 1 unspecified atom stereocenters. The first-order valence-corrected chi connectivity index (χ1v) is 6.41. The highest BCUT2D eigenvalue weighted by atomic mass is 16.3. The normalized spacial score (nSPS) is 22.6. The van der Waals surface area contributed by atoms with Crippen molar-refractivity contribution in [2.24, 2.45) is 0 Å². The first-order valence-electron chi connectivity index (χ1n) is 6.41. The van der Waals surface area contributed by atoms with E-state index in [-0.39, 0.29) is 0 Å². The van der Waals surface area contributed by atoms with E-state index in [4.69, 9.17) is 0 Å². The van der Waals surface area contributed by atoms with Crippen LogP contribution in [-0.2, 0) is 0 Å². The molecular formula is C12H26N2O. The Labute approximate surface area is 93.9 Å². The Morgan fingerprint density at radius 1 is 1.20 bits per heavy atom. The molecule has 3 heteroatoms. The molecule has 90 valence electrons. The summed E-state index contributed by atoms with van der Waals surface area (Å²) in [6, 6.07) is 0. The van der Waals surface area contributed by atoms with Gasteiger partial charge in [0.05, 0.1) is 0 Å². The minimum absolute atomic E-state index is 0.544. The van der Waals surface area contributed by atoms with Gasteiger partial charge >= 0.3 is 0 Å². The molecule has 1 heterocycles. The first-order chi connectivity index (χ1) is 7.23. The molecular weight excluding hydrogens is 188 g/mol. The smallest absolute Gasteiger partial charge is 0.118 e. The molecule has 0 aromatic rings. The van der Waals surface area contributed by atoms with E-state index in [1.54, 1.807) is 0 Å². The van der Waals surface area contributed by atoms with Gasteiger partial charge in [-0.3, -0.25) is 4.90 Å². The molecule has 0 radical (unpaired) electrons. The largest absolute Gasteiger partial charge is 0.376 e. The Hall–Kier alpha value is -0.120. The van der Waals surface area contributed by atoms with E-state index in [2.05, 4.69) is 24.1 Å². The van der Waals surface area contributed by atoms with E-state index in [0.29, 0.717) is 0 Å². The van der Waals surface area contributed by atoms with E-state index >= 15 is 0 Å².